The first-order valence-electron chi connectivity index (χ1n) is 6.25. The number of rotatable bonds is 7. The number of aryl methyl sites for hydroxylation is 1. The predicted octanol–water partition coefficient (Wildman–Crippen LogP) is 3.58. The topological polar surface area (TPSA) is 27.7 Å². The van der Waals surface area contributed by atoms with Crippen LogP contribution in [0.2, 0.25) is 0 Å². The second kappa shape index (κ2) is 7.05. The van der Waals surface area contributed by atoms with E-state index in [0.717, 1.165) is 23.5 Å². The largest absolute Gasteiger partial charge is 0.490 e. The third-order valence-corrected chi connectivity index (χ3v) is 2.22. The van der Waals surface area contributed by atoms with Crippen LogP contribution in [0.15, 0.2) is 12.1 Å². The number of ether oxygens (including phenoxy) is 3. The molecule has 0 saturated heterocycles. The summed E-state index contributed by atoms with van der Waals surface area (Å²) < 4.78 is 16.9. The van der Waals surface area contributed by atoms with Gasteiger partial charge in [0.15, 0.2) is 11.5 Å². The first kappa shape index (κ1) is 13.7. The van der Waals surface area contributed by atoms with E-state index in [-0.39, 0.29) is 0 Å². The van der Waals surface area contributed by atoms with E-state index in [9.17, 15) is 0 Å². The summed E-state index contributed by atoms with van der Waals surface area (Å²) in [7, 11) is 0. The summed E-state index contributed by atoms with van der Waals surface area (Å²) in [6.45, 7) is 9.94. The molecule has 0 saturated carbocycles. The van der Waals surface area contributed by atoms with E-state index in [1.54, 1.807) is 0 Å². The van der Waals surface area contributed by atoms with Crippen molar-refractivity contribution in [1.82, 2.24) is 0 Å². The molecule has 0 fully saturated rings. The SMILES string of the molecule is CCCOc1cc(C)cc(OCC)c1OCC. The average Bonchev–Trinajstić information content (AvgIpc) is 2.30. The Morgan fingerprint density at radius 1 is 0.882 bits per heavy atom. The van der Waals surface area contributed by atoms with Crippen LogP contribution in [-0.2, 0) is 0 Å². The van der Waals surface area contributed by atoms with Crippen LogP contribution in [0.5, 0.6) is 17.2 Å². The fourth-order valence-electron chi connectivity index (χ4n) is 1.58. The lowest BCUT2D eigenvalue weighted by Gasteiger charge is -2.16. The van der Waals surface area contributed by atoms with Gasteiger partial charge in [-0.1, -0.05) is 6.92 Å². The lowest BCUT2D eigenvalue weighted by Crippen LogP contribution is -2.03. The summed E-state index contributed by atoms with van der Waals surface area (Å²) in [5.74, 6) is 2.26. The van der Waals surface area contributed by atoms with Gasteiger partial charge in [0.05, 0.1) is 19.8 Å². The van der Waals surface area contributed by atoms with Crippen molar-refractivity contribution in [1.29, 1.82) is 0 Å². The molecule has 0 bridgehead atoms. The minimum Gasteiger partial charge on any atom is -0.490 e. The van der Waals surface area contributed by atoms with Crippen molar-refractivity contribution in [3.05, 3.63) is 17.7 Å². The number of hydrogen-bond donors (Lipinski definition) is 0. The molecule has 0 radical (unpaired) electrons. The zero-order chi connectivity index (χ0) is 12.7. The Morgan fingerprint density at radius 2 is 1.47 bits per heavy atom. The van der Waals surface area contributed by atoms with Gasteiger partial charge in [-0.2, -0.15) is 0 Å². The highest BCUT2D eigenvalue weighted by Crippen LogP contribution is 2.38. The van der Waals surface area contributed by atoms with Crippen LogP contribution in [0.1, 0.15) is 32.8 Å². The van der Waals surface area contributed by atoms with E-state index in [0.29, 0.717) is 25.6 Å². The quantitative estimate of drug-likeness (QED) is 0.726. The van der Waals surface area contributed by atoms with Gasteiger partial charge in [-0.15, -0.1) is 0 Å². The van der Waals surface area contributed by atoms with Crippen molar-refractivity contribution in [2.45, 2.75) is 34.1 Å². The van der Waals surface area contributed by atoms with Crippen molar-refractivity contribution in [2.24, 2.45) is 0 Å². The maximum Gasteiger partial charge on any atom is 0.203 e. The van der Waals surface area contributed by atoms with Gasteiger partial charge >= 0.3 is 0 Å². The maximum atomic E-state index is 5.70. The maximum absolute atomic E-state index is 5.70. The molecule has 0 N–H and O–H groups in total. The van der Waals surface area contributed by atoms with Crippen LogP contribution in [0.4, 0.5) is 0 Å². The van der Waals surface area contributed by atoms with Crippen molar-refractivity contribution in [3.8, 4) is 17.2 Å². The summed E-state index contributed by atoms with van der Waals surface area (Å²) in [4.78, 5) is 0. The van der Waals surface area contributed by atoms with E-state index >= 15 is 0 Å². The van der Waals surface area contributed by atoms with Crippen molar-refractivity contribution >= 4 is 0 Å². The van der Waals surface area contributed by atoms with Crippen LogP contribution in [0.3, 0.4) is 0 Å². The summed E-state index contributed by atoms with van der Waals surface area (Å²) in [5, 5.41) is 0. The lowest BCUT2D eigenvalue weighted by atomic mass is 10.2. The Hall–Kier alpha value is -1.38. The van der Waals surface area contributed by atoms with Crippen LogP contribution >= 0.6 is 0 Å². The molecule has 0 amide bonds. The van der Waals surface area contributed by atoms with E-state index in [1.165, 1.54) is 0 Å². The third kappa shape index (κ3) is 3.84. The molecule has 1 rings (SSSR count). The normalized spacial score (nSPS) is 10.1. The smallest absolute Gasteiger partial charge is 0.203 e. The Labute approximate surface area is 104 Å². The first-order chi connectivity index (χ1) is 8.22. The zero-order valence-electron chi connectivity index (χ0n) is 11.2. The second-order valence-electron chi connectivity index (χ2n) is 3.80. The monoisotopic (exact) mass is 238 g/mol. The van der Waals surface area contributed by atoms with Gasteiger partial charge in [0, 0.05) is 0 Å². The highest BCUT2D eigenvalue weighted by molar-refractivity contribution is 5.53. The lowest BCUT2D eigenvalue weighted by molar-refractivity contribution is 0.254. The Balaban J connectivity index is 3.05. The molecule has 0 spiro atoms. The van der Waals surface area contributed by atoms with Gasteiger partial charge in [0.2, 0.25) is 5.75 Å². The summed E-state index contributed by atoms with van der Waals surface area (Å²) in [6.07, 6.45) is 0.976. The average molecular weight is 238 g/mol. The molecule has 0 aliphatic carbocycles. The van der Waals surface area contributed by atoms with E-state index in [2.05, 4.69) is 6.92 Å². The van der Waals surface area contributed by atoms with Gasteiger partial charge < -0.3 is 14.2 Å². The molecule has 3 heteroatoms. The van der Waals surface area contributed by atoms with Crippen molar-refractivity contribution < 1.29 is 14.2 Å². The second-order valence-corrected chi connectivity index (χ2v) is 3.80. The summed E-state index contributed by atoms with van der Waals surface area (Å²) in [5.41, 5.74) is 1.11. The van der Waals surface area contributed by atoms with E-state index in [4.69, 9.17) is 14.2 Å². The molecule has 0 aliphatic rings. The van der Waals surface area contributed by atoms with Gasteiger partial charge in [-0.25, -0.2) is 0 Å². The van der Waals surface area contributed by atoms with E-state index in [1.807, 2.05) is 32.9 Å². The molecule has 0 heterocycles. The van der Waals surface area contributed by atoms with Gasteiger partial charge in [0.25, 0.3) is 0 Å². The highest BCUT2D eigenvalue weighted by Gasteiger charge is 2.13. The number of hydrogen-bond acceptors (Lipinski definition) is 3. The molecule has 96 valence electrons. The van der Waals surface area contributed by atoms with Crippen molar-refractivity contribution in [2.75, 3.05) is 19.8 Å². The van der Waals surface area contributed by atoms with Crippen LogP contribution in [0, 0.1) is 6.92 Å². The summed E-state index contributed by atoms with van der Waals surface area (Å²) >= 11 is 0. The molecule has 1 aromatic carbocycles. The predicted molar refractivity (Wildman–Crippen MR) is 69.3 cm³/mol. The van der Waals surface area contributed by atoms with Gasteiger partial charge in [-0.3, -0.25) is 0 Å². The van der Waals surface area contributed by atoms with E-state index < -0.39 is 0 Å². The molecule has 17 heavy (non-hydrogen) atoms. The minimum absolute atomic E-state index is 0.603. The number of benzene rings is 1. The van der Waals surface area contributed by atoms with Gasteiger partial charge in [-0.05, 0) is 44.9 Å². The Kier molecular flexibility index (Phi) is 5.67. The van der Waals surface area contributed by atoms with Crippen LogP contribution in [0.25, 0.3) is 0 Å². The molecule has 0 aromatic heterocycles. The molecular formula is C14H22O3. The molecule has 3 nitrogen and oxygen atoms in total. The Bertz CT molecular complexity index is 348. The molecule has 0 atom stereocenters. The van der Waals surface area contributed by atoms with Gasteiger partial charge in [0.1, 0.15) is 0 Å². The molecule has 0 aliphatic heterocycles. The zero-order valence-corrected chi connectivity index (χ0v) is 11.2. The first-order valence-corrected chi connectivity index (χ1v) is 6.25. The molecular weight excluding hydrogens is 216 g/mol. The molecule has 0 unspecified atom stereocenters. The fraction of sp³-hybridized carbons (Fsp3) is 0.571. The standard InChI is InChI=1S/C14H22O3/c1-5-8-17-13-10-11(4)9-12(15-6-2)14(13)16-7-3/h9-10H,5-8H2,1-4H3. The fourth-order valence-corrected chi connectivity index (χ4v) is 1.58. The highest BCUT2D eigenvalue weighted by atomic mass is 16.5. The van der Waals surface area contributed by atoms with Crippen molar-refractivity contribution in [3.63, 3.8) is 0 Å². The molecule has 1 aromatic rings. The summed E-state index contributed by atoms with van der Waals surface area (Å²) in [6, 6.07) is 3.97. The van der Waals surface area contributed by atoms with Crippen LogP contribution in [-0.4, -0.2) is 19.8 Å². The minimum atomic E-state index is 0.603. The van der Waals surface area contributed by atoms with Crippen LogP contribution < -0.4 is 14.2 Å². The Morgan fingerprint density at radius 3 is 2.00 bits per heavy atom. The third-order valence-electron chi connectivity index (χ3n) is 2.22.